The summed E-state index contributed by atoms with van der Waals surface area (Å²) in [6.45, 7) is 7.49. The molecule has 1 N–H and O–H groups in total. The van der Waals surface area contributed by atoms with Crippen molar-refractivity contribution in [2.45, 2.75) is 45.1 Å². The first kappa shape index (κ1) is 15.6. The predicted molar refractivity (Wildman–Crippen MR) is 88.6 cm³/mol. The fourth-order valence-electron chi connectivity index (χ4n) is 3.23. The van der Waals surface area contributed by atoms with Crippen LogP contribution in [0.3, 0.4) is 0 Å². The molecule has 1 atom stereocenters. The van der Waals surface area contributed by atoms with Crippen LogP contribution >= 0.6 is 0 Å². The summed E-state index contributed by atoms with van der Waals surface area (Å²) in [4.78, 5) is 2.58. The topological polar surface area (TPSA) is 33.7 Å². The van der Waals surface area contributed by atoms with Gasteiger partial charge >= 0.3 is 0 Å². The van der Waals surface area contributed by atoms with E-state index in [1.165, 1.54) is 44.5 Å². The number of hydrogen-bond acceptors (Lipinski definition) is 4. The number of benzene rings is 1. The molecule has 1 saturated heterocycles. The van der Waals surface area contributed by atoms with Gasteiger partial charge in [-0.05, 0) is 63.4 Å². The van der Waals surface area contributed by atoms with Crippen LogP contribution < -0.4 is 14.8 Å². The first-order valence-corrected chi connectivity index (χ1v) is 8.65. The van der Waals surface area contributed by atoms with Gasteiger partial charge in [-0.25, -0.2) is 0 Å². The standard InChI is InChI=1S/C18H28N2O2/c1-15(19-9-12-20-10-3-2-4-11-20)5-6-16-7-8-17-18(13-16)22-14-21-17/h7-8,13,15,19H,2-6,9-12,14H2,1H3. The lowest BCUT2D eigenvalue weighted by atomic mass is 10.1. The maximum Gasteiger partial charge on any atom is 0.231 e. The molecule has 1 aromatic rings. The highest BCUT2D eigenvalue weighted by Gasteiger charge is 2.14. The minimum absolute atomic E-state index is 0.354. The van der Waals surface area contributed by atoms with Crippen molar-refractivity contribution in [1.82, 2.24) is 10.2 Å². The fourth-order valence-corrected chi connectivity index (χ4v) is 3.23. The molecular formula is C18H28N2O2. The molecule has 0 spiro atoms. The van der Waals surface area contributed by atoms with Crippen LogP contribution in [0.4, 0.5) is 0 Å². The maximum atomic E-state index is 5.43. The SMILES string of the molecule is CC(CCc1ccc2c(c1)OCO2)NCCN1CCCCC1. The zero-order valence-corrected chi connectivity index (χ0v) is 13.6. The van der Waals surface area contributed by atoms with E-state index >= 15 is 0 Å². The summed E-state index contributed by atoms with van der Waals surface area (Å²) in [5, 5.41) is 3.65. The van der Waals surface area contributed by atoms with Crippen LogP contribution in [0.15, 0.2) is 18.2 Å². The molecule has 2 aliphatic rings. The van der Waals surface area contributed by atoms with Crippen LogP contribution in [-0.4, -0.2) is 43.9 Å². The lowest BCUT2D eigenvalue weighted by Gasteiger charge is -2.27. The molecule has 2 aliphatic heterocycles. The van der Waals surface area contributed by atoms with Crippen LogP contribution in [0.25, 0.3) is 0 Å². The van der Waals surface area contributed by atoms with E-state index in [-0.39, 0.29) is 0 Å². The smallest absolute Gasteiger partial charge is 0.231 e. The molecule has 122 valence electrons. The van der Waals surface area contributed by atoms with E-state index in [1.54, 1.807) is 0 Å². The predicted octanol–water partition coefficient (Wildman–Crippen LogP) is 2.81. The second-order valence-corrected chi connectivity index (χ2v) is 6.48. The Balaban J connectivity index is 1.34. The van der Waals surface area contributed by atoms with E-state index in [9.17, 15) is 0 Å². The van der Waals surface area contributed by atoms with Gasteiger partial charge in [-0.3, -0.25) is 0 Å². The normalized spacial score (nSPS) is 19.3. The van der Waals surface area contributed by atoms with Crippen LogP contribution in [0.1, 0.15) is 38.2 Å². The molecule has 0 amide bonds. The van der Waals surface area contributed by atoms with Crippen LogP contribution in [0.5, 0.6) is 11.5 Å². The van der Waals surface area contributed by atoms with E-state index in [1.807, 2.05) is 6.07 Å². The molecule has 1 aromatic carbocycles. The van der Waals surface area contributed by atoms with Crippen molar-refractivity contribution in [3.63, 3.8) is 0 Å². The monoisotopic (exact) mass is 304 g/mol. The average Bonchev–Trinajstić information content (AvgIpc) is 3.01. The quantitative estimate of drug-likeness (QED) is 0.840. The number of hydrogen-bond donors (Lipinski definition) is 1. The molecule has 0 aliphatic carbocycles. The highest BCUT2D eigenvalue weighted by atomic mass is 16.7. The number of piperidine rings is 1. The Morgan fingerprint density at radius 3 is 2.82 bits per heavy atom. The minimum Gasteiger partial charge on any atom is -0.454 e. The molecule has 22 heavy (non-hydrogen) atoms. The van der Waals surface area contributed by atoms with Gasteiger partial charge in [0.2, 0.25) is 6.79 Å². The molecule has 3 rings (SSSR count). The van der Waals surface area contributed by atoms with Gasteiger partial charge in [-0.2, -0.15) is 0 Å². The number of ether oxygens (including phenoxy) is 2. The van der Waals surface area contributed by atoms with E-state index < -0.39 is 0 Å². The Morgan fingerprint density at radius 1 is 1.14 bits per heavy atom. The summed E-state index contributed by atoms with van der Waals surface area (Å²) < 4.78 is 10.8. The Hall–Kier alpha value is -1.26. The second kappa shape index (κ2) is 7.84. The number of aryl methyl sites for hydroxylation is 1. The van der Waals surface area contributed by atoms with Crippen molar-refractivity contribution < 1.29 is 9.47 Å². The molecule has 1 fully saturated rings. The van der Waals surface area contributed by atoms with Crippen LogP contribution in [0, 0.1) is 0 Å². The fraction of sp³-hybridized carbons (Fsp3) is 0.667. The summed E-state index contributed by atoms with van der Waals surface area (Å²) in [6.07, 6.45) is 6.39. The Morgan fingerprint density at radius 2 is 1.95 bits per heavy atom. The van der Waals surface area contributed by atoms with Crippen molar-refractivity contribution in [3.8, 4) is 11.5 Å². The van der Waals surface area contributed by atoms with Gasteiger partial charge in [0.1, 0.15) is 0 Å². The number of nitrogens with zero attached hydrogens (tertiary/aromatic N) is 1. The first-order valence-electron chi connectivity index (χ1n) is 8.65. The van der Waals surface area contributed by atoms with Crippen LogP contribution in [-0.2, 0) is 6.42 Å². The zero-order valence-electron chi connectivity index (χ0n) is 13.6. The molecule has 1 unspecified atom stereocenters. The van der Waals surface area contributed by atoms with Gasteiger partial charge in [0, 0.05) is 19.1 Å². The maximum absolute atomic E-state index is 5.43. The van der Waals surface area contributed by atoms with E-state index in [0.717, 1.165) is 30.9 Å². The van der Waals surface area contributed by atoms with Crippen molar-refractivity contribution >= 4 is 0 Å². The number of nitrogens with one attached hydrogen (secondary N) is 1. The highest BCUT2D eigenvalue weighted by Crippen LogP contribution is 2.32. The van der Waals surface area contributed by atoms with Crippen LogP contribution in [0.2, 0.25) is 0 Å². The summed E-state index contributed by atoms with van der Waals surface area (Å²) >= 11 is 0. The van der Waals surface area contributed by atoms with Crippen molar-refractivity contribution in [1.29, 1.82) is 0 Å². The van der Waals surface area contributed by atoms with Gasteiger partial charge in [0.25, 0.3) is 0 Å². The molecule has 4 nitrogen and oxygen atoms in total. The largest absolute Gasteiger partial charge is 0.454 e. The summed E-state index contributed by atoms with van der Waals surface area (Å²) in [5.41, 5.74) is 1.33. The van der Waals surface area contributed by atoms with Crippen molar-refractivity contribution in [3.05, 3.63) is 23.8 Å². The molecule has 0 saturated carbocycles. The highest BCUT2D eigenvalue weighted by molar-refractivity contribution is 5.44. The molecule has 0 aromatic heterocycles. The van der Waals surface area contributed by atoms with Gasteiger partial charge in [-0.15, -0.1) is 0 Å². The Labute approximate surface area is 133 Å². The number of likely N-dealkylation sites (tertiary alicyclic amines) is 1. The molecule has 4 heteroatoms. The summed E-state index contributed by atoms with van der Waals surface area (Å²) in [7, 11) is 0. The number of rotatable bonds is 7. The molecule has 2 heterocycles. The first-order chi connectivity index (χ1) is 10.8. The van der Waals surface area contributed by atoms with Crippen molar-refractivity contribution in [2.24, 2.45) is 0 Å². The van der Waals surface area contributed by atoms with Gasteiger partial charge in [0.15, 0.2) is 11.5 Å². The third-order valence-corrected chi connectivity index (χ3v) is 4.67. The lowest BCUT2D eigenvalue weighted by Crippen LogP contribution is -2.38. The van der Waals surface area contributed by atoms with Gasteiger partial charge in [0.05, 0.1) is 0 Å². The van der Waals surface area contributed by atoms with E-state index in [4.69, 9.17) is 9.47 Å². The number of fused-ring (bicyclic) bond motifs is 1. The second-order valence-electron chi connectivity index (χ2n) is 6.48. The van der Waals surface area contributed by atoms with E-state index in [2.05, 4.69) is 29.3 Å². The molecular weight excluding hydrogens is 276 g/mol. The minimum atomic E-state index is 0.354. The summed E-state index contributed by atoms with van der Waals surface area (Å²) in [5.74, 6) is 1.76. The Bertz CT molecular complexity index is 472. The third-order valence-electron chi connectivity index (χ3n) is 4.67. The average molecular weight is 304 g/mol. The third kappa shape index (κ3) is 4.37. The Kier molecular flexibility index (Phi) is 5.57. The van der Waals surface area contributed by atoms with Gasteiger partial charge in [-0.1, -0.05) is 12.5 Å². The van der Waals surface area contributed by atoms with E-state index in [0.29, 0.717) is 12.8 Å². The van der Waals surface area contributed by atoms with Crippen molar-refractivity contribution in [2.75, 3.05) is 33.0 Å². The summed E-state index contributed by atoms with van der Waals surface area (Å²) in [6, 6.07) is 6.83. The lowest BCUT2D eigenvalue weighted by molar-refractivity contribution is 0.174. The molecule has 0 bridgehead atoms. The van der Waals surface area contributed by atoms with Gasteiger partial charge < -0.3 is 19.7 Å². The zero-order chi connectivity index (χ0) is 15.2. The molecule has 0 radical (unpaired) electrons.